The summed E-state index contributed by atoms with van der Waals surface area (Å²) in [6.45, 7) is 5.48. The lowest BCUT2D eigenvalue weighted by Gasteiger charge is -2.19. The molecule has 1 aromatic carbocycles. The minimum Gasteiger partial charge on any atom is -0.456 e. The van der Waals surface area contributed by atoms with Gasteiger partial charge in [0.15, 0.2) is 0 Å². The first kappa shape index (κ1) is 13.5. The maximum Gasteiger partial charge on any atom is 0.338 e. The van der Waals surface area contributed by atoms with Crippen molar-refractivity contribution in [2.75, 3.05) is 5.73 Å². The molecular formula is C11H13Br2NO2. The van der Waals surface area contributed by atoms with E-state index in [0.29, 0.717) is 20.2 Å². The van der Waals surface area contributed by atoms with Crippen LogP contribution >= 0.6 is 31.9 Å². The Bertz CT molecular complexity index is 401. The van der Waals surface area contributed by atoms with E-state index in [2.05, 4.69) is 31.9 Å². The highest BCUT2D eigenvalue weighted by atomic mass is 79.9. The number of hydrogen-bond acceptors (Lipinski definition) is 3. The van der Waals surface area contributed by atoms with Crippen LogP contribution in [-0.2, 0) is 4.74 Å². The van der Waals surface area contributed by atoms with Gasteiger partial charge in [0, 0.05) is 8.95 Å². The Morgan fingerprint density at radius 2 is 1.69 bits per heavy atom. The minimum atomic E-state index is -0.503. The molecule has 1 aromatic rings. The Labute approximate surface area is 112 Å². The molecule has 16 heavy (non-hydrogen) atoms. The van der Waals surface area contributed by atoms with Gasteiger partial charge >= 0.3 is 5.97 Å². The topological polar surface area (TPSA) is 52.3 Å². The highest BCUT2D eigenvalue weighted by Crippen LogP contribution is 2.30. The fourth-order valence-corrected chi connectivity index (χ4v) is 2.23. The Morgan fingerprint density at radius 3 is 2.06 bits per heavy atom. The summed E-state index contributed by atoms with van der Waals surface area (Å²) in [5.74, 6) is -0.367. The predicted octanol–water partition coefficient (Wildman–Crippen LogP) is 3.75. The van der Waals surface area contributed by atoms with Crippen molar-refractivity contribution >= 4 is 43.5 Å². The summed E-state index contributed by atoms with van der Waals surface area (Å²) in [5.41, 5.74) is 6.25. The molecule has 1 rings (SSSR count). The van der Waals surface area contributed by atoms with Crippen LogP contribution in [-0.4, -0.2) is 11.6 Å². The molecule has 0 aliphatic rings. The van der Waals surface area contributed by atoms with Crippen LogP contribution in [0.3, 0.4) is 0 Å². The van der Waals surface area contributed by atoms with Crippen molar-refractivity contribution in [1.29, 1.82) is 0 Å². The van der Waals surface area contributed by atoms with E-state index >= 15 is 0 Å². The average molecular weight is 351 g/mol. The first-order valence-electron chi connectivity index (χ1n) is 4.68. The maximum absolute atomic E-state index is 11.8. The highest BCUT2D eigenvalue weighted by Gasteiger charge is 2.19. The molecule has 0 saturated carbocycles. The zero-order valence-corrected chi connectivity index (χ0v) is 12.5. The van der Waals surface area contributed by atoms with Gasteiger partial charge in [0.1, 0.15) is 5.60 Å². The summed E-state index contributed by atoms with van der Waals surface area (Å²) >= 11 is 6.56. The number of esters is 1. The van der Waals surface area contributed by atoms with E-state index in [9.17, 15) is 4.79 Å². The van der Waals surface area contributed by atoms with Gasteiger partial charge in [0.05, 0.1) is 11.3 Å². The molecule has 0 saturated heterocycles. The van der Waals surface area contributed by atoms with Crippen molar-refractivity contribution in [1.82, 2.24) is 0 Å². The molecule has 0 spiro atoms. The zero-order chi connectivity index (χ0) is 12.5. The Kier molecular flexibility index (Phi) is 4.02. The largest absolute Gasteiger partial charge is 0.456 e. The number of rotatable bonds is 1. The molecule has 0 fully saturated rings. The second-order valence-electron chi connectivity index (χ2n) is 4.36. The Hall–Kier alpha value is -0.550. The van der Waals surface area contributed by atoms with Gasteiger partial charge < -0.3 is 10.5 Å². The molecule has 0 radical (unpaired) electrons. The molecule has 0 aromatic heterocycles. The third-order valence-electron chi connectivity index (χ3n) is 1.71. The highest BCUT2D eigenvalue weighted by molar-refractivity contribution is 9.11. The van der Waals surface area contributed by atoms with Crippen LogP contribution < -0.4 is 5.73 Å². The van der Waals surface area contributed by atoms with Gasteiger partial charge in [0.25, 0.3) is 0 Å². The molecule has 0 heterocycles. The van der Waals surface area contributed by atoms with Gasteiger partial charge in [0.2, 0.25) is 0 Å². The minimum absolute atomic E-state index is 0.367. The van der Waals surface area contributed by atoms with Crippen LogP contribution in [0.1, 0.15) is 31.1 Å². The van der Waals surface area contributed by atoms with E-state index in [4.69, 9.17) is 10.5 Å². The molecule has 0 unspecified atom stereocenters. The first-order chi connectivity index (χ1) is 7.20. The number of anilines is 1. The SMILES string of the molecule is CC(C)(C)OC(=O)c1cc(Br)c(N)c(Br)c1. The number of halogens is 2. The van der Waals surface area contributed by atoms with Crippen molar-refractivity contribution in [2.45, 2.75) is 26.4 Å². The summed E-state index contributed by atoms with van der Waals surface area (Å²) in [6.07, 6.45) is 0. The lowest BCUT2D eigenvalue weighted by Crippen LogP contribution is -2.23. The first-order valence-corrected chi connectivity index (χ1v) is 6.27. The Balaban J connectivity index is 3.02. The van der Waals surface area contributed by atoms with Crippen molar-refractivity contribution in [3.63, 3.8) is 0 Å². The Morgan fingerprint density at radius 1 is 1.25 bits per heavy atom. The normalized spacial score (nSPS) is 11.3. The number of carbonyl (C=O) groups is 1. The summed E-state index contributed by atoms with van der Waals surface area (Å²) in [5, 5.41) is 0. The lowest BCUT2D eigenvalue weighted by atomic mass is 10.1. The van der Waals surface area contributed by atoms with Crippen LogP contribution in [0.5, 0.6) is 0 Å². The molecule has 0 atom stereocenters. The molecular weight excluding hydrogens is 338 g/mol. The van der Waals surface area contributed by atoms with Gasteiger partial charge in [-0.2, -0.15) is 0 Å². The average Bonchev–Trinajstić information content (AvgIpc) is 2.10. The number of carbonyl (C=O) groups excluding carboxylic acids is 1. The molecule has 5 heteroatoms. The van der Waals surface area contributed by atoms with E-state index in [1.165, 1.54) is 0 Å². The molecule has 0 amide bonds. The van der Waals surface area contributed by atoms with Crippen LogP contribution in [0.4, 0.5) is 5.69 Å². The van der Waals surface area contributed by atoms with E-state index in [-0.39, 0.29) is 5.97 Å². The summed E-state index contributed by atoms with van der Waals surface area (Å²) in [4.78, 5) is 11.8. The van der Waals surface area contributed by atoms with E-state index in [1.54, 1.807) is 12.1 Å². The molecule has 3 nitrogen and oxygen atoms in total. The van der Waals surface area contributed by atoms with Crippen LogP contribution in [0.15, 0.2) is 21.1 Å². The van der Waals surface area contributed by atoms with E-state index in [0.717, 1.165) is 0 Å². The molecule has 88 valence electrons. The van der Waals surface area contributed by atoms with Crippen LogP contribution in [0.25, 0.3) is 0 Å². The van der Waals surface area contributed by atoms with Crippen LogP contribution in [0, 0.1) is 0 Å². The number of hydrogen-bond donors (Lipinski definition) is 1. The molecule has 0 bridgehead atoms. The van der Waals surface area contributed by atoms with Gasteiger partial charge in [-0.05, 0) is 64.8 Å². The third-order valence-corrected chi connectivity index (χ3v) is 3.03. The second-order valence-corrected chi connectivity index (χ2v) is 6.06. The number of nitrogen functional groups attached to an aromatic ring is 1. The van der Waals surface area contributed by atoms with E-state index in [1.807, 2.05) is 20.8 Å². The second kappa shape index (κ2) is 4.75. The molecule has 0 aliphatic heterocycles. The quantitative estimate of drug-likeness (QED) is 0.619. The number of nitrogens with two attached hydrogens (primary N) is 1. The summed E-state index contributed by atoms with van der Waals surface area (Å²) in [6, 6.07) is 3.29. The summed E-state index contributed by atoms with van der Waals surface area (Å²) in [7, 11) is 0. The van der Waals surface area contributed by atoms with Crippen molar-refractivity contribution < 1.29 is 9.53 Å². The fourth-order valence-electron chi connectivity index (χ4n) is 1.04. The van der Waals surface area contributed by atoms with Gasteiger partial charge in [-0.1, -0.05) is 0 Å². The zero-order valence-electron chi connectivity index (χ0n) is 9.30. The van der Waals surface area contributed by atoms with Crippen molar-refractivity contribution in [2.24, 2.45) is 0 Å². The van der Waals surface area contributed by atoms with E-state index < -0.39 is 5.60 Å². The lowest BCUT2D eigenvalue weighted by molar-refractivity contribution is 0.00694. The summed E-state index contributed by atoms with van der Waals surface area (Å²) < 4.78 is 6.59. The standard InChI is InChI=1S/C11H13Br2NO2/c1-11(2,3)16-10(15)6-4-7(12)9(14)8(13)5-6/h4-5H,14H2,1-3H3. The number of benzene rings is 1. The predicted molar refractivity (Wildman–Crippen MR) is 71.4 cm³/mol. The third kappa shape index (κ3) is 3.49. The fraction of sp³-hybridized carbons (Fsp3) is 0.364. The van der Waals surface area contributed by atoms with Crippen molar-refractivity contribution in [3.8, 4) is 0 Å². The number of ether oxygens (including phenoxy) is 1. The smallest absolute Gasteiger partial charge is 0.338 e. The maximum atomic E-state index is 11.8. The van der Waals surface area contributed by atoms with Gasteiger partial charge in [-0.25, -0.2) is 4.79 Å². The van der Waals surface area contributed by atoms with Gasteiger partial charge in [-0.3, -0.25) is 0 Å². The molecule has 2 N–H and O–H groups in total. The van der Waals surface area contributed by atoms with Crippen LogP contribution in [0.2, 0.25) is 0 Å². The van der Waals surface area contributed by atoms with Crippen molar-refractivity contribution in [3.05, 3.63) is 26.6 Å². The molecule has 0 aliphatic carbocycles. The monoisotopic (exact) mass is 349 g/mol. The van der Waals surface area contributed by atoms with Gasteiger partial charge in [-0.15, -0.1) is 0 Å².